The molecule has 0 aliphatic heterocycles. The van der Waals surface area contributed by atoms with E-state index in [4.69, 9.17) is 0 Å². The molecule has 0 aromatic heterocycles. The fourth-order valence-electron chi connectivity index (χ4n) is 2.31. The molecule has 0 bridgehead atoms. The number of aryl methyl sites for hydroxylation is 1. The van der Waals surface area contributed by atoms with Gasteiger partial charge in [-0.05, 0) is 47.4 Å². The average Bonchev–Trinajstić information content (AvgIpc) is 2.54. The summed E-state index contributed by atoms with van der Waals surface area (Å²) in [6.45, 7) is 1.92. The van der Waals surface area contributed by atoms with E-state index in [0.29, 0.717) is 18.3 Å². The van der Waals surface area contributed by atoms with Gasteiger partial charge >= 0.3 is 0 Å². The maximum Gasteiger partial charge on any atom is 0.253 e. The minimum absolute atomic E-state index is 0.0423. The van der Waals surface area contributed by atoms with Gasteiger partial charge in [0.05, 0.1) is 5.56 Å². The van der Waals surface area contributed by atoms with Gasteiger partial charge in [-0.3, -0.25) is 9.59 Å². The second kappa shape index (κ2) is 6.43. The number of aldehydes is 1. The number of rotatable bonds is 4. The predicted molar refractivity (Wildman–Crippen MR) is 86.3 cm³/mol. The summed E-state index contributed by atoms with van der Waals surface area (Å²) in [5, 5.41) is 9.96. The highest BCUT2D eigenvalue weighted by molar-refractivity contribution is 5.94. The third kappa shape index (κ3) is 3.01. The van der Waals surface area contributed by atoms with Gasteiger partial charge in [-0.25, -0.2) is 0 Å². The SMILES string of the molecule is CCc1cc(-c2ccc(C(=O)N(C)C)cc2)cc(C=O)c1O. The first kappa shape index (κ1) is 15.8. The molecule has 4 heteroatoms. The molecular weight excluding hydrogens is 278 g/mol. The lowest BCUT2D eigenvalue weighted by atomic mass is 9.97. The lowest BCUT2D eigenvalue weighted by molar-refractivity contribution is 0.0827. The Hall–Kier alpha value is -2.62. The first-order valence-electron chi connectivity index (χ1n) is 7.11. The quantitative estimate of drug-likeness (QED) is 0.882. The van der Waals surface area contributed by atoms with Crippen molar-refractivity contribution < 1.29 is 14.7 Å². The van der Waals surface area contributed by atoms with Gasteiger partial charge in [0, 0.05) is 19.7 Å². The van der Waals surface area contributed by atoms with Gasteiger partial charge in [-0.15, -0.1) is 0 Å². The molecule has 0 fully saturated rings. The summed E-state index contributed by atoms with van der Waals surface area (Å²) >= 11 is 0. The summed E-state index contributed by atoms with van der Waals surface area (Å²) in [6, 6.07) is 10.7. The fourth-order valence-corrected chi connectivity index (χ4v) is 2.31. The molecule has 22 heavy (non-hydrogen) atoms. The highest BCUT2D eigenvalue weighted by atomic mass is 16.3. The Labute approximate surface area is 130 Å². The summed E-state index contributed by atoms with van der Waals surface area (Å²) in [7, 11) is 3.42. The van der Waals surface area contributed by atoms with Crippen LogP contribution in [0.4, 0.5) is 0 Å². The highest BCUT2D eigenvalue weighted by Crippen LogP contribution is 2.30. The van der Waals surface area contributed by atoms with Crippen LogP contribution in [-0.2, 0) is 6.42 Å². The van der Waals surface area contributed by atoms with Gasteiger partial charge in [-0.1, -0.05) is 19.1 Å². The number of aromatic hydroxyl groups is 1. The minimum atomic E-state index is -0.0555. The number of hydrogen-bond acceptors (Lipinski definition) is 3. The van der Waals surface area contributed by atoms with Crippen molar-refractivity contribution in [3.05, 3.63) is 53.1 Å². The topological polar surface area (TPSA) is 57.6 Å². The molecular formula is C18H19NO3. The molecule has 2 aromatic carbocycles. The van der Waals surface area contributed by atoms with E-state index >= 15 is 0 Å². The molecule has 0 spiro atoms. The van der Waals surface area contributed by atoms with Crippen molar-refractivity contribution in [2.45, 2.75) is 13.3 Å². The van der Waals surface area contributed by atoms with Crippen LogP contribution >= 0.6 is 0 Å². The molecule has 2 aromatic rings. The zero-order valence-electron chi connectivity index (χ0n) is 13.0. The van der Waals surface area contributed by atoms with E-state index in [1.54, 1.807) is 32.3 Å². The lowest BCUT2D eigenvalue weighted by Gasteiger charge is -2.12. The van der Waals surface area contributed by atoms with E-state index < -0.39 is 0 Å². The molecule has 1 N–H and O–H groups in total. The van der Waals surface area contributed by atoms with Crippen LogP contribution in [0.2, 0.25) is 0 Å². The molecule has 0 aliphatic carbocycles. The molecule has 0 saturated heterocycles. The zero-order valence-corrected chi connectivity index (χ0v) is 13.0. The van der Waals surface area contributed by atoms with Gasteiger partial charge in [0.15, 0.2) is 6.29 Å². The number of carbonyl (C=O) groups is 2. The van der Waals surface area contributed by atoms with Crippen molar-refractivity contribution >= 4 is 12.2 Å². The van der Waals surface area contributed by atoms with E-state index in [-0.39, 0.29) is 17.2 Å². The smallest absolute Gasteiger partial charge is 0.253 e. The van der Waals surface area contributed by atoms with E-state index in [9.17, 15) is 14.7 Å². The molecule has 114 valence electrons. The Kier molecular flexibility index (Phi) is 4.61. The van der Waals surface area contributed by atoms with Crippen molar-refractivity contribution in [3.63, 3.8) is 0 Å². The highest BCUT2D eigenvalue weighted by Gasteiger charge is 2.11. The van der Waals surface area contributed by atoms with Crippen LogP contribution in [0, 0.1) is 0 Å². The molecule has 0 unspecified atom stereocenters. The Morgan fingerprint density at radius 2 is 1.77 bits per heavy atom. The first-order chi connectivity index (χ1) is 10.5. The van der Waals surface area contributed by atoms with Crippen LogP contribution in [0.5, 0.6) is 5.75 Å². The van der Waals surface area contributed by atoms with Crippen LogP contribution in [-0.4, -0.2) is 36.3 Å². The average molecular weight is 297 g/mol. The van der Waals surface area contributed by atoms with Crippen molar-refractivity contribution in [2.24, 2.45) is 0 Å². The maximum atomic E-state index is 11.9. The maximum absolute atomic E-state index is 11.9. The summed E-state index contributed by atoms with van der Waals surface area (Å²) in [5.41, 5.74) is 3.36. The summed E-state index contributed by atoms with van der Waals surface area (Å²) < 4.78 is 0. The van der Waals surface area contributed by atoms with E-state index in [1.165, 1.54) is 4.90 Å². The van der Waals surface area contributed by atoms with Crippen molar-refractivity contribution in [1.29, 1.82) is 0 Å². The monoisotopic (exact) mass is 297 g/mol. The second-order valence-corrected chi connectivity index (χ2v) is 5.32. The van der Waals surface area contributed by atoms with Gasteiger partial charge in [0.1, 0.15) is 5.75 Å². The van der Waals surface area contributed by atoms with Gasteiger partial charge in [0.2, 0.25) is 0 Å². The second-order valence-electron chi connectivity index (χ2n) is 5.32. The van der Waals surface area contributed by atoms with Gasteiger partial charge < -0.3 is 10.0 Å². The van der Waals surface area contributed by atoms with E-state index in [1.807, 2.05) is 25.1 Å². The summed E-state index contributed by atoms with van der Waals surface area (Å²) in [4.78, 5) is 24.5. The molecule has 0 heterocycles. The van der Waals surface area contributed by atoms with Crippen LogP contribution in [0.15, 0.2) is 36.4 Å². The van der Waals surface area contributed by atoms with Crippen LogP contribution < -0.4 is 0 Å². The van der Waals surface area contributed by atoms with E-state index in [2.05, 4.69) is 0 Å². The van der Waals surface area contributed by atoms with Crippen molar-refractivity contribution in [3.8, 4) is 16.9 Å². The minimum Gasteiger partial charge on any atom is -0.507 e. The molecule has 1 amide bonds. The first-order valence-corrected chi connectivity index (χ1v) is 7.11. The van der Waals surface area contributed by atoms with Crippen LogP contribution in [0.3, 0.4) is 0 Å². The molecule has 0 saturated carbocycles. The zero-order chi connectivity index (χ0) is 16.3. The van der Waals surface area contributed by atoms with Crippen molar-refractivity contribution in [2.75, 3.05) is 14.1 Å². The third-order valence-electron chi connectivity index (χ3n) is 3.60. The Bertz CT molecular complexity index is 703. The number of nitrogens with zero attached hydrogens (tertiary/aromatic N) is 1. The Morgan fingerprint density at radius 3 is 2.27 bits per heavy atom. The molecule has 0 atom stereocenters. The molecule has 0 aliphatic rings. The summed E-state index contributed by atoms with van der Waals surface area (Å²) in [6.07, 6.45) is 1.29. The van der Waals surface area contributed by atoms with Crippen LogP contribution in [0.25, 0.3) is 11.1 Å². The standard InChI is InChI=1S/C18H19NO3/c1-4-12-9-15(10-16(11-20)17(12)21)13-5-7-14(8-6-13)18(22)19(2)3/h5-11,21H,4H2,1-3H3. The number of hydrogen-bond donors (Lipinski definition) is 1. The van der Waals surface area contributed by atoms with Crippen LogP contribution in [0.1, 0.15) is 33.2 Å². The summed E-state index contributed by atoms with van der Waals surface area (Å²) in [5.74, 6) is -0.0132. The number of carbonyl (C=O) groups excluding carboxylic acids is 2. The van der Waals surface area contributed by atoms with Gasteiger partial charge in [-0.2, -0.15) is 0 Å². The Morgan fingerprint density at radius 1 is 1.14 bits per heavy atom. The van der Waals surface area contributed by atoms with Crippen molar-refractivity contribution in [1.82, 2.24) is 4.90 Å². The molecule has 4 nitrogen and oxygen atoms in total. The van der Waals surface area contributed by atoms with Gasteiger partial charge in [0.25, 0.3) is 5.91 Å². The fraction of sp³-hybridized carbons (Fsp3) is 0.222. The predicted octanol–water partition coefficient (Wildman–Crippen LogP) is 3.14. The molecule has 2 rings (SSSR count). The third-order valence-corrected chi connectivity index (χ3v) is 3.60. The number of phenols is 1. The largest absolute Gasteiger partial charge is 0.507 e. The Balaban J connectivity index is 2.44. The number of phenolic OH excluding ortho intramolecular Hbond substituents is 1. The number of benzene rings is 2. The van der Waals surface area contributed by atoms with E-state index in [0.717, 1.165) is 16.7 Å². The lowest BCUT2D eigenvalue weighted by Crippen LogP contribution is -2.21. The normalized spacial score (nSPS) is 10.3. The molecule has 0 radical (unpaired) electrons. The number of amides is 1.